The Bertz CT molecular complexity index is 1080. The third kappa shape index (κ3) is 4.66. The van der Waals surface area contributed by atoms with Crippen molar-refractivity contribution in [1.82, 2.24) is 4.98 Å². The third-order valence-electron chi connectivity index (χ3n) is 4.29. The largest absolute Gasteiger partial charge is 0.355 e. The average Bonchev–Trinajstić information content (AvgIpc) is 3.15. The van der Waals surface area contributed by atoms with Crippen LogP contribution in [0.4, 0.5) is 0 Å². The van der Waals surface area contributed by atoms with Crippen LogP contribution in [-0.4, -0.2) is 4.98 Å². The number of hydrogen-bond donors (Lipinski definition) is 1. The first-order chi connectivity index (χ1) is 13.8. The van der Waals surface area contributed by atoms with Gasteiger partial charge in [-0.1, -0.05) is 97.1 Å². The Kier molecular flexibility index (Phi) is 6.60. The lowest BCUT2D eigenvalue weighted by molar-refractivity contribution is 1.49. The van der Waals surface area contributed by atoms with Gasteiger partial charge in [-0.25, -0.2) is 0 Å². The van der Waals surface area contributed by atoms with Crippen molar-refractivity contribution in [2.45, 2.75) is 6.92 Å². The summed E-state index contributed by atoms with van der Waals surface area (Å²) < 4.78 is 0. The van der Waals surface area contributed by atoms with E-state index in [1.165, 1.54) is 39.9 Å². The zero-order chi connectivity index (χ0) is 19.6. The quantitative estimate of drug-likeness (QED) is 0.336. The molecule has 136 valence electrons. The molecule has 0 saturated heterocycles. The Balaban J connectivity index is 0.000000142. The second kappa shape index (κ2) is 9.75. The molecule has 28 heavy (non-hydrogen) atoms. The normalized spacial score (nSPS) is 9.57. The molecular weight excluding hydrogens is 340 g/mol. The van der Waals surface area contributed by atoms with Crippen LogP contribution in [0.2, 0.25) is 0 Å². The molecule has 0 aliphatic rings. The van der Waals surface area contributed by atoms with Gasteiger partial charge in [0, 0.05) is 28.7 Å². The summed E-state index contributed by atoms with van der Waals surface area (Å²) in [6, 6.07) is 39.3. The summed E-state index contributed by atoms with van der Waals surface area (Å²) >= 11 is 0. The van der Waals surface area contributed by atoms with Crippen LogP contribution < -0.4 is 0 Å². The maximum absolute atomic E-state index is 7.32. The van der Waals surface area contributed by atoms with E-state index in [0.29, 0.717) is 0 Å². The molecule has 0 spiro atoms. The lowest BCUT2D eigenvalue weighted by atomic mass is 10.1. The van der Waals surface area contributed by atoms with Crippen LogP contribution in [0.1, 0.15) is 6.92 Å². The van der Waals surface area contributed by atoms with E-state index >= 15 is 0 Å². The van der Waals surface area contributed by atoms with Gasteiger partial charge < -0.3 is 4.98 Å². The smallest absolute Gasteiger partial charge is 0.0587 e. The highest BCUT2D eigenvalue weighted by Crippen LogP contribution is 2.24. The van der Waals surface area contributed by atoms with E-state index in [1.54, 1.807) is 6.07 Å². The molecule has 0 radical (unpaired) electrons. The molecule has 1 aromatic heterocycles. The summed E-state index contributed by atoms with van der Waals surface area (Å²) in [5.74, 6) is 0. The number of nitriles is 1. The van der Waals surface area contributed by atoms with Gasteiger partial charge in [-0.3, -0.25) is 0 Å². The lowest BCUT2D eigenvalue weighted by Gasteiger charge is -1.98. The first-order valence-corrected chi connectivity index (χ1v) is 9.20. The third-order valence-corrected chi connectivity index (χ3v) is 4.29. The average molecular weight is 362 g/mol. The fourth-order valence-corrected chi connectivity index (χ4v) is 3.06. The van der Waals surface area contributed by atoms with E-state index in [9.17, 15) is 0 Å². The summed E-state index contributed by atoms with van der Waals surface area (Å²) in [6.07, 6.45) is 0. The number of hydrogen-bond acceptors (Lipinski definition) is 1. The molecule has 1 heterocycles. The van der Waals surface area contributed by atoms with Crippen LogP contribution in [-0.2, 0) is 0 Å². The van der Waals surface area contributed by atoms with Gasteiger partial charge in [0.2, 0.25) is 0 Å². The summed E-state index contributed by atoms with van der Waals surface area (Å²) in [5.41, 5.74) is 4.98. The molecular formula is C26H22N2. The van der Waals surface area contributed by atoms with Crippen molar-refractivity contribution in [3.63, 3.8) is 0 Å². The van der Waals surface area contributed by atoms with Crippen molar-refractivity contribution < 1.29 is 0 Å². The second-order valence-electron chi connectivity index (χ2n) is 6.17. The van der Waals surface area contributed by atoms with E-state index in [4.69, 9.17) is 5.26 Å². The van der Waals surface area contributed by atoms with Gasteiger partial charge in [0.1, 0.15) is 0 Å². The Labute approximate surface area is 165 Å². The van der Waals surface area contributed by atoms with Gasteiger partial charge in [-0.05, 0) is 23.3 Å². The number of nitrogens with one attached hydrogen (secondary N) is 1. The highest BCUT2D eigenvalue weighted by Gasteiger charge is 2.00. The van der Waals surface area contributed by atoms with Crippen molar-refractivity contribution in [3.8, 4) is 17.2 Å². The number of aromatic nitrogens is 1. The highest BCUT2D eigenvalue weighted by atomic mass is 14.7. The van der Waals surface area contributed by atoms with Gasteiger partial charge in [0.15, 0.2) is 0 Å². The van der Waals surface area contributed by atoms with Crippen LogP contribution in [0.5, 0.6) is 0 Å². The Morgan fingerprint density at radius 2 is 0.857 bits per heavy atom. The van der Waals surface area contributed by atoms with Crippen LogP contribution in [0, 0.1) is 11.3 Å². The minimum atomic E-state index is 1.21. The molecule has 5 aromatic rings. The topological polar surface area (TPSA) is 39.6 Å². The molecule has 1 N–H and O–H groups in total. The van der Waals surface area contributed by atoms with Gasteiger partial charge in [-0.15, -0.1) is 0 Å². The molecule has 0 fully saturated rings. The summed E-state index contributed by atoms with van der Waals surface area (Å²) in [5, 5.41) is 9.93. The minimum Gasteiger partial charge on any atom is -0.355 e. The van der Waals surface area contributed by atoms with E-state index in [0.717, 1.165) is 0 Å². The van der Waals surface area contributed by atoms with E-state index < -0.39 is 0 Å². The first kappa shape index (κ1) is 18.9. The van der Waals surface area contributed by atoms with Crippen molar-refractivity contribution >= 4 is 21.8 Å². The molecule has 2 nitrogen and oxygen atoms in total. The van der Waals surface area contributed by atoms with E-state index in [-0.39, 0.29) is 0 Å². The monoisotopic (exact) mass is 362 g/mol. The van der Waals surface area contributed by atoms with Gasteiger partial charge in [-0.2, -0.15) is 5.26 Å². The first-order valence-electron chi connectivity index (χ1n) is 9.20. The zero-order valence-electron chi connectivity index (χ0n) is 15.8. The maximum Gasteiger partial charge on any atom is 0.0587 e. The fraction of sp³-hybridized carbons (Fsp3) is 0.0385. The number of para-hydroxylation sites is 2. The molecule has 0 bridgehead atoms. The SMILES string of the molecule is CC#N.c1ccc(-c2ccccc2)cc1.c1ccc2c(c1)[nH]c1ccccc12. The number of fused-ring (bicyclic) bond motifs is 3. The number of H-pyrrole nitrogens is 1. The molecule has 0 saturated carbocycles. The minimum absolute atomic E-state index is 1.21. The van der Waals surface area contributed by atoms with Gasteiger partial charge in [0.05, 0.1) is 6.07 Å². The molecule has 4 aromatic carbocycles. The van der Waals surface area contributed by atoms with E-state index in [2.05, 4.69) is 102 Å². The predicted octanol–water partition coefficient (Wildman–Crippen LogP) is 7.20. The predicted molar refractivity (Wildman–Crippen MR) is 119 cm³/mol. The second-order valence-corrected chi connectivity index (χ2v) is 6.17. The fourth-order valence-electron chi connectivity index (χ4n) is 3.06. The molecule has 0 unspecified atom stereocenters. The van der Waals surface area contributed by atoms with Gasteiger partial charge >= 0.3 is 0 Å². The van der Waals surface area contributed by atoms with Crippen LogP contribution in [0.15, 0.2) is 109 Å². The number of rotatable bonds is 1. The Morgan fingerprint density at radius 3 is 1.25 bits per heavy atom. The zero-order valence-corrected chi connectivity index (χ0v) is 15.8. The Morgan fingerprint density at radius 1 is 0.536 bits per heavy atom. The van der Waals surface area contributed by atoms with Crippen LogP contribution in [0.25, 0.3) is 32.9 Å². The lowest BCUT2D eigenvalue weighted by Crippen LogP contribution is -1.73. The van der Waals surface area contributed by atoms with Gasteiger partial charge in [0.25, 0.3) is 0 Å². The van der Waals surface area contributed by atoms with E-state index in [1.807, 2.05) is 12.1 Å². The maximum atomic E-state index is 7.32. The molecule has 5 rings (SSSR count). The van der Waals surface area contributed by atoms with Crippen LogP contribution >= 0.6 is 0 Å². The summed E-state index contributed by atoms with van der Waals surface area (Å²) in [6.45, 7) is 1.43. The number of aromatic amines is 1. The summed E-state index contributed by atoms with van der Waals surface area (Å²) in [7, 11) is 0. The van der Waals surface area contributed by atoms with Crippen LogP contribution in [0.3, 0.4) is 0 Å². The molecule has 2 heteroatoms. The molecule has 0 aliphatic heterocycles. The van der Waals surface area contributed by atoms with Crippen molar-refractivity contribution in [2.75, 3.05) is 0 Å². The van der Waals surface area contributed by atoms with Crippen molar-refractivity contribution in [1.29, 1.82) is 5.26 Å². The number of benzene rings is 4. The molecule has 0 aliphatic carbocycles. The summed E-state index contributed by atoms with van der Waals surface area (Å²) in [4.78, 5) is 3.38. The van der Waals surface area contributed by atoms with Crippen molar-refractivity contribution in [2.24, 2.45) is 0 Å². The van der Waals surface area contributed by atoms with Crippen molar-refractivity contribution in [3.05, 3.63) is 109 Å². The molecule has 0 atom stereocenters. The Hall–Kier alpha value is -3.83. The molecule has 0 amide bonds. The highest BCUT2D eigenvalue weighted by molar-refractivity contribution is 6.06. The number of nitrogens with zero attached hydrogens (tertiary/aromatic N) is 1. The standard InChI is InChI=1S/C12H9N.C12H10.C2H3N/c1-3-7-11-9(5-1)10-6-2-4-8-12(10)13-11;1-3-7-11(8-4-1)12-9-5-2-6-10-12;1-2-3/h1-8,13H;1-10H;1H3.